The van der Waals surface area contributed by atoms with Gasteiger partial charge in [0.1, 0.15) is 0 Å². The molecule has 1 aliphatic heterocycles. The number of likely N-dealkylation sites (tertiary alicyclic amines) is 1. The Balaban J connectivity index is 1.57. The third kappa shape index (κ3) is 3.21. The van der Waals surface area contributed by atoms with Gasteiger partial charge in [-0.15, -0.1) is 0 Å². The molecule has 3 aromatic rings. The first-order valence-corrected chi connectivity index (χ1v) is 9.66. The number of carbonyl (C=O) groups is 1. The zero-order chi connectivity index (χ0) is 19.7. The van der Waals surface area contributed by atoms with Gasteiger partial charge in [0.05, 0.1) is 20.3 Å². The fourth-order valence-corrected chi connectivity index (χ4v) is 4.26. The molecule has 0 bridgehead atoms. The number of methoxy groups -OCH3 is 2. The number of benzene rings is 2. The van der Waals surface area contributed by atoms with Crippen LogP contribution in [-0.4, -0.2) is 36.1 Å². The minimum absolute atomic E-state index is 0.138. The average Bonchev–Trinajstić information content (AvgIpc) is 3.26. The van der Waals surface area contributed by atoms with Crippen molar-refractivity contribution in [3.05, 3.63) is 59.8 Å². The molecule has 1 atom stereocenters. The third-order valence-electron chi connectivity index (χ3n) is 5.70. The summed E-state index contributed by atoms with van der Waals surface area (Å²) in [5, 5.41) is 1.24. The number of fused-ring (bicyclic) bond motifs is 1. The van der Waals surface area contributed by atoms with Crippen molar-refractivity contribution in [3.8, 4) is 11.5 Å². The van der Waals surface area contributed by atoms with Crippen LogP contribution >= 0.6 is 0 Å². The van der Waals surface area contributed by atoms with E-state index in [1.165, 1.54) is 16.5 Å². The van der Waals surface area contributed by atoms with Crippen molar-refractivity contribution in [2.24, 2.45) is 7.05 Å². The maximum Gasteiger partial charge on any atom is 0.223 e. The minimum Gasteiger partial charge on any atom is -0.493 e. The second kappa shape index (κ2) is 7.58. The standard InChI is InChI=1S/C23H26N2O3/c1-24-15-18(17-6-4-5-7-19(17)24)20-9-11-23(26)25(20)13-12-16-8-10-21(27-2)22(14-16)28-3/h4-8,10,14-15,20H,9,11-13H2,1-3H3/t20-/m1/s1. The summed E-state index contributed by atoms with van der Waals surface area (Å²) in [6, 6.07) is 14.5. The Morgan fingerprint density at radius 2 is 1.86 bits per heavy atom. The molecule has 1 saturated heterocycles. The van der Waals surface area contributed by atoms with Crippen molar-refractivity contribution in [2.75, 3.05) is 20.8 Å². The largest absolute Gasteiger partial charge is 0.493 e. The van der Waals surface area contributed by atoms with E-state index in [4.69, 9.17) is 9.47 Å². The van der Waals surface area contributed by atoms with Gasteiger partial charge in [-0.05, 0) is 36.6 Å². The summed E-state index contributed by atoms with van der Waals surface area (Å²) in [6.07, 6.45) is 4.45. The van der Waals surface area contributed by atoms with Crippen LogP contribution in [0.1, 0.15) is 30.0 Å². The number of hydrogen-bond donors (Lipinski definition) is 0. The van der Waals surface area contributed by atoms with E-state index in [1.54, 1.807) is 14.2 Å². The Hall–Kier alpha value is -2.95. The van der Waals surface area contributed by atoms with Gasteiger partial charge in [-0.25, -0.2) is 0 Å². The maximum absolute atomic E-state index is 12.6. The third-order valence-corrected chi connectivity index (χ3v) is 5.70. The number of rotatable bonds is 6. The predicted octanol–water partition coefficient (Wildman–Crippen LogP) is 4.10. The Morgan fingerprint density at radius 1 is 1.07 bits per heavy atom. The lowest BCUT2D eigenvalue weighted by molar-refractivity contribution is -0.129. The zero-order valence-electron chi connectivity index (χ0n) is 16.6. The summed E-state index contributed by atoms with van der Waals surface area (Å²) in [5.74, 6) is 1.67. The van der Waals surface area contributed by atoms with Crippen molar-refractivity contribution in [1.29, 1.82) is 0 Å². The second-order valence-electron chi connectivity index (χ2n) is 7.29. The monoisotopic (exact) mass is 378 g/mol. The molecule has 0 aliphatic carbocycles. The van der Waals surface area contributed by atoms with E-state index in [-0.39, 0.29) is 11.9 Å². The molecule has 1 aliphatic rings. The van der Waals surface area contributed by atoms with Gasteiger partial charge in [-0.2, -0.15) is 0 Å². The van der Waals surface area contributed by atoms with Gasteiger partial charge in [0.25, 0.3) is 0 Å². The first-order chi connectivity index (χ1) is 13.6. The highest BCUT2D eigenvalue weighted by Gasteiger charge is 2.33. The van der Waals surface area contributed by atoms with E-state index in [9.17, 15) is 4.79 Å². The Kier molecular flexibility index (Phi) is 4.99. The van der Waals surface area contributed by atoms with Crippen molar-refractivity contribution < 1.29 is 14.3 Å². The fraction of sp³-hybridized carbons (Fsp3) is 0.348. The summed E-state index contributed by atoms with van der Waals surface area (Å²) in [6.45, 7) is 0.697. The van der Waals surface area contributed by atoms with Gasteiger partial charge in [0, 0.05) is 42.7 Å². The van der Waals surface area contributed by atoms with E-state index >= 15 is 0 Å². The normalized spacial score (nSPS) is 16.8. The number of carbonyl (C=O) groups excluding carboxylic acids is 1. The summed E-state index contributed by atoms with van der Waals surface area (Å²) >= 11 is 0. The lowest BCUT2D eigenvalue weighted by Crippen LogP contribution is -2.29. The molecule has 146 valence electrons. The molecule has 0 N–H and O–H groups in total. The average molecular weight is 378 g/mol. The van der Waals surface area contributed by atoms with E-state index in [0.717, 1.165) is 29.9 Å². The van der Waals surface area contributed by atoms with Crippen molar-refractivity contribution in [3.63, 3.8) is 0 Å². The van der Waals surface area contributed by atoms with Gasteiger partial charge in [-0.3, -0.25) is 4.79 Å². The number of aryl methyl sites for hydroxylation is 1. The van der Waals surface area contributed by atoms with Crippen LogP contribution in [0.3, 0.4) is 0 Å². The van der Waals surface area contributed by atoms with Crippen LogP contribution in [0.25, 0.3) is 10.9 Å². The predicted molar refractivity (Wildman–Crippen MR) is 110 cm³/mol. The van der Waals surface area contributed by atoms with Crippen molar-refractivity contribution >= 4 is 16.8 Å². The first-order valence-electron chi connectivity index (χ1n) is 9.66. The van der Waals surface area contributed by atoms with Crippen LogP contribution in [0.5, 0.6) is 11.5 Å². The number of amides is 1. The summed E-state index contributed by atoms with van der Waals surface area (Å²) in [7, 11) is 5.34. The van der Waals surface area contributed by atoms with Crippen molar-refractivity contribution in [2.45, 2.75) is 25.3 Å². The molecular formula is C23H26N2O3. The highest BCUT2D eigenvalue weighted by Crippen LogP contribution is 2.37. The molecule has 1 amide bonds. The molecule has 2 heterocycles. The van der Waals surface area contributed by atoms with Crippen LogP contribution in [-0.2, 0) is 18.3 Å². The van der Waals surface area contributed by atoms with Gasteiger partial charge in [0.2, 0.25) is 5.91 Å². The quantitative estimate of drug-likeness (QED) is 0.649. The zero-order valence-corrected chi connectivity index (χ0v) is 16.6. The summed E-state index contributed by atoms with van der Waals surface area (Å²) in [5.41, 5.74) is 3.59. The van der Waals surface area contributed by atoms with Gasteiger partial charge in [0.15, 0.2) is 11.5 Å². The van der Waals surface area contributed by atoms with Gasteiger partial charge < -0.3 is 18.9 Å². The molecule has 1 fully saturated rings. The van der Waals surface area contributed by atoms with Gasteiger partial charge >= 0.3 is 0 Å². The summed E-state index contributed by atoms with van der Waals surface area (Å²) in [4.78, 5) is 14.7. The number of aromatic nitrogens is 1. The molecule has 0 radical (unpaired) electrons. The van der Waals surface area contributed by atoms with Crippen LogP contribution < -0.4 is 9.47 Å². The van der Waals surface area contributed by atoms with Crippen LogP contribution in [0.4, 0.5) is 0 Å². The molecule has 2 aromatic carbocycles. The molecule has 28 heavy (non-hydrogen) atoms. The van der Waals surface area contributed by atoms with Crippen LogP contribution in [0, 0.1) is 0 Å². The Labute approximate surface area is 165 Å². The van der Waals surface area contributed by atoms with E-state index in [1.807, 2.05) is 23.1 Å². The molecular weight excluding hydrogens is 352 g/mol. The number of ether oxygens (including phenoxy) is 2. The highest BCUT2D eigenvalue weighted by molar-refractivity contribution is 5.86. The molecule has 0 spiro atoms. The molecule has 0 saturated carbocycles. The summed E-state index contributed by atoms with van der Waals surface area (Å²) < 4.78 is 12.9. The highest BCUT2D eigenvalue weighted by atomic mass is 16.5. The molecule has 0 unspecified atom stereocenters. The SMILES string of the molecule is COc1ccc(CCN2C(=O)CC[C@@H]2c2cn(C)c3ccccc23)cc1OC. The topological polar surface area (TPSA) is 43.7 Å². The first kappa shape index (κ1) is 18.4. The second-order valence-corrected chi connectivity index (χ2v) is 7.29. The lowest BCUT2D eigenvalue weighted by atomic mass is 10.0. The lowest BCUT2D eigenvalue weighted by Gasteiger charge is -2.25. The fourth-order valence-electron chi connectivity index (χ4n) is 4.26. The molecule has 1 aromatic heterocycles. The smallest absolute Gasteiger partial charge is 0.223 e. The van der Waals surface area contributed by atoms with E-state index < -0.39 is 0 Å². The Bertz CT molecular complexity index is 1010. The number of para-hydroxylation sites is 1. The Morgan fingerprint density at radius 3 is 2.64 bits per heavy atom. The minimum atomic E-state index is 0.138. The number of hydrogen-bond acceptors (Lipinski definition) is 3. The molecule has 4 rings (SSSR count). The van der Waals surface area contributed by atoms with Gasteiger partial charge in [-0.1, -0.05) is 24.3 Å². The van der Waals surface area contributed by atoms with E-state index in [2.05, 4.69) is 42.1 Å². The molecule has 5 heteroatoms. The van der Waals surface area contributed by atoms with Crippen LogP contribution in [0.2, 0.25) is 0 Å². The van der Waals surface area contributed by atoms with Crippen LogP contribution in [0.15, 0.2) is 48.7 Å². The number of nitrogens with zero attached hydrogens (tertiary/aromatic N) is 2. The van der Waals surface area contributed by atoms with Crippen molar-refractivity contribution in [1.82, 2.24) is 9.47 Å². The van der Waals surface area contributed by atoms with E-state index in [0.29, 0.717) is 13.0 Å². The molecule has 5 nitrogen and oxygen atoms in total. The maximum atomic E-state index is 12.6.